The van der Waals surface area contributed by atoms with Crippen LogP contribution in [0.3, 0.4) is 0 Å². The molecule has 0 spiro atoms. The lowest BCUT2D eigenvalue weighted by atomic mass is 9.72. The Morgan fingerprint density at radius 2 is 1.38 bits per heavy atom. The minimum atomic E-state index is -0.147. The lowest BCUT2D eigenvalue weighted by Crippen LogP contribution is -2.24. The molecule has 0 aliphatic rings. The van der Waals surface area contributed by atoms with Gasteiger partial charge in [-0.1, -0.05) is 65.8 Å². The summed E-state index contributed by atoms with van der Waals surface area (Å²) in [6.07, 6.45) is 0.749. The number of phenolic OH excluding ortho intramolecular Hbond substituents is 1. The molecule has 0 aromatic heterocycles. The van der Waals surface area contributed by atoms with Crippen LogP contribution in [0.5, 0.6) is 5.75 Å². The maximum atomic E-state index is 10.6. The van der Waals surface area contributed by atoms with Gasteiger partial charge in [0.1, 0.15) is 12.5 Å². The predicted molar refractivity (Wildman–Crippen MR) is 113 cm³/mol. The number of hydrogen-bond donors (Lipinski definition) is 3. The van der Waals surface area contributed by atoms with Crippen molar-refractivity contribution in [1.82, 2.24) is 0 Å². The van der Waals surface area contributed by atoms with Crippen LogP contribution in [-0.2, 0) is 17.3 Å². The molecular weight excluding hydrogens is 346 g/mol. The third-order valence-electron chi connectivity index (χ3n) is 4.44. The number of para-hydroxylation sites is 1. The number of anilines is 1. The lowest BCUT2D eigenvalue weighted by molar-refractivity contribution is 0.325. The molecule has 2 rings (SSSR count). The molecule has 144 valence electrons. The van der Waals surface area contributed by atoms with Crippen molar-refractivity contribution in [2.75, 3.05) is 12.0 Å². The van der Waals surface area contributed by atoms with Crippen molar-refractivity contribution in [3.8, 4) is 5.75 Å². The van der Waals surface area contributed by atoms with Gasteiger partial charge in [-0.3, -0.25) is 0 Å². The van der Waals surface area contributed by atoms with E-state index in [4.69, 9.17) is 0 Å². The summed E-state index contributed by atoms with van der Waals surface area (Å²) in [6, 6.07) is 11.9. The van der Waals surface area contributed by atoms with Gasteiger partial charge in [-0.2, -0.15) is 0 Å². The number of halogens is 1. The van der Waals surface area contributed by atoms with Gasteiger partial charge in [0.2, 0.25) is 0 Å². The number of phenols is 1. The first-order chi connectivity index (χ1) is 11.6. The van der Waals surface area contributed by atoms with E-state index in [1.54, 1.807) is 0 Å². The number of hydrogen-bond acceptors (Lipinski definition) is 3. The van der Waals surface area contributed by atoms with Crippen LogP contribution in [0, 0.1) is 0 Å². The molecule has 3 nitrogen and oxygen atoms in total. The minimum absolute atomic E-state index is 0. The van der Waals surface area contributed by atoms with Gasteiger partial charge in [0, 0.05) is 11.3 Å². The van der Waals surface area contributed by atoms with Crippen LogP contribution in [0.2, 0.25) is 0 Å². The standard InChI is InChI=1S/C22H31NO2.ClH/c1-21(2,3)19-16(11-12-18(25)20(19)22(4,5)6)13-15-9-7-8-10-17(15)23-14-24;/h7-12,23-25H,13-14H2,1-6H3;1H. The van der Waals surface area contributed by atoms with E-state index in [-0.39, 0.29) is 30.0 Å². The van der Waals surface area contributed by atoms with Crippen molar-refractivity contribution in [2.24, 2.45) is 0 Å². The minimum Gasteiger partial charge on any atom is -0.508 e. The first-order valence-electron chi connectivity index (χ1n) is 8.84. The summed E-state index contributed by atoms with van der Waals surface area (Å²) in [5.74, 6) is 0.364. The highest BCUT2D eigenvalue weighted by molar-refractivity contribution is 5.85. The van der Waals surface area contributed by atoms with E-state index in [0.29, 0.717) is 5.75 Å². The summed E-state index contributed by atoms with van der Waals surface area (Å²) >= 11 is 0. The zero-order valence-electron chi connectivity index (χ0n) is 16.7. The van der Waals surface area contributed by atoms with Gasteiger partial charge in [0.15, 0.2) is 0 Å². The molecule has 0 aliphatic heterocycles. The number of rotatable bonds is 4. The van der Waals surface area contributed by atoms with Crippen LogP contribution in [0.4, 0.5) is 5.69 Å². The first-order valence-corrected chi connectivity index (χ1v) is 8.84. The fourth-order valence-corrected chi connectivity index (χ4v) is 3.54. The highest BCUT2D eigenvalue weighted by atomic mass is 35.5. The Bertz CT molecular complexity index is 743. The maximum Gasteiger partial charge on any atom is 0.119 e. The number of aliphatic hydroxyl groups is 1. The van der Waals surface area contributed by atoms with Crippen molar-refractivity contribution in [2.45, 2.75) is 58.8 Å². The molecule has 0 bridgehead atoms. The summed E-state index contributed by atoms with van der Waals surface area (Å²) in [5, 5.41) is 22.8. The quantitative estimate of drug-likeness (QED) is 0.628. The van der Waals surface area contributed by atoms with E-state index in [1.807, 2.05) is 30.3 Å². The van der Waals surface area contributed by atoms with Crippen LogP contribution < -0.4 is 5.32 Å². The zero-order chi connectivity index (χ0) is 18.8. The largest absolute Gasteiger partial charge is 0.508 e. The van der Waals surface area contributed by atoms with Gasteiger partial charge in [-0.25, -0.2) is 0 Å². The van der Waals surface area contributed by atoms with Crippen molar-refractivity contribution < 1.29 is 10.2 Å². The van der Waals surface area contributed by atoms with Gasteiger partial charge in [-0.15, -0.1) is 12.4 Å². The Balaban J connectivity index is 0.00000338. The van der Waals surface area contributed by atoms with Crippen molar-refractivity contribution >= 4 is 18.1 Å². The third-order valence-corrected chi connectivity index (χ3v) is 4.44. The monoisotopic (exact) mass is 377 g/mol. The number of aromatic hydroxyl groups is 1. The van der Waals surface area contributed by atoms with Gasteiger partial charge < -0.3 is 15.5 Å². The predicted octanol–water partition coefficient (Wildman–Crippen LogP) is 5.36. The fraction of sp³-hybridized carbons (Fsp3) is 0.455. The fourth-order valence-electron chi connectivity index (χ4n) is 3.54. The third kappa shape index (κ3) is 4.93. The summed E-state index contributed by atoms with van der Waals surface area (Å²) in [6.45, 7) is 12.9. The van der Waals surface area contributed by atoms with E-state index in [2.05, 4.69) is 52.9 Å². The number of nitrogens with one attached hydrogen (secondary N) is 1. The molecule has 0 atom stereocenters. The topological polar surface area (TPSA) is 52.5 Å². The van der Waals surface area contributed by atoms with Crippen LogP contribution in [0.15, 0.2) is 36.4 Å². The van der Waals surface area contributed by atoms with Crippen molar-refractivity contribution in [3.63, 3.8) is 0 Å². The molecule has 0 radical (unpaired) electrons. The lowest BCUT2D eigenvalue weighted by Gasteiger charge is -2.33. The molecule has 3 N–H and O–H groups in total. The smallest absolute Gasteiger partial charge is 0.119 e. The van der Waals surface area contributed by atoms with Crippen molar-refractivity contribution in [1.29, 1.82) is 0 Å². The van der Waals surface area contributed by atoms with E-state index < -0.39 is 0 Å². The van der Waals surface area contributed by atoms with Crippen LogP contribution in [0.25, 0.3) is 0 Å². The number of aliphatic hydroxyl groups excluding tert-OH is 1. The number of benzene rings is 2. The SMILES string of the molecule is CC(C)(C)c1c(O)ccc(Cc2ccccc2NCO)c1C(C)(C)C.Cl. The molecule has 4 heteroatoms. The summed E-state index contributed by atoms with van der Waals surface area (Å²) < 4.78 is 0. The molecule has 0 amide bonds. The Kier molecular flexibility index (Phi) is 7.15. The Hall–Kier alpha value is -1.71. The molecule has 0 fully saturated rings. The van der Waals surface area contributed by atoms with Gasteiger partial charge in [0.05, 0.1) is 0 Å². The molecule has 2 aromatic carbocycles. The Morgan fingerprint density at radius 1 is 0.808 bits per heavy atom. The summed E-state index contributed by atoms with van der Waals surface area (Å²) in [5.41, 5.74) is 5.27. The normalized spacial score (nSPS) is 11.8. The summed E-state index contributed by atoms with van der Waals surface area (Å²) in [4.78, 5) is 0. The van der Waals surface area contributed by atoms with Crippen LogP contribution in [0.1, 0.15) is 63.8 Å². The zero-order valence-corrected chi connectivity index (χ0v) is 17.5. The maximum absolute atomic E-state index is 10.6. The average molecular weight is 378 g/mol. The van der Waals surface area contributed by atoms with Crippen molar-refractivity contribution in [3.05, 3.63) is 58.7 Å². The second kappa shape index (κ2) is 8.32. The second-order valence-electron chi connectivity index (χ2n) is 8.66. The molecule has 0 aliphatic carbocycles. The molecule has 26 heavy (non-hydrogen) atoms. The van der Waals surface area contributed by atoms with Gasteiger partial charge >= 0.3 is 0 Å². The highest BCUT2D eigenvalue weighted by Crippen LogP contribution is 2.42. The van der Waals surface area contributed by atoms with E-state index >= 15 is 0 Å². The highest BCUT2D eigenvalue weighted by Gasteiger charge is 2.30. The van der Waals surface area contributed by atoms with Gasteiger partial charge in [0.25, 0.3) is 0 Å². The summed E-state index contributed by atoms with van der Waals surface area (Å²) in [7, 11) is 0. The van der Waals surface area contributed by atoms with Crippen LogP contribution in [-0.4, -0.2) is 16.9 Å². The molecule has 0 saturated heterocycles. The Labute approximate surface area is 163 Å². The first kappa shape index (κ1) is 22.3. The molecule has 0 heterocycles. The molecule has 2 aromatic rings. The van der Waals surface area contributed by atoms with Crippen LogP contribution >= 0.6 is 12.4 Å². The average Bonchev–Trinajstić information content (AvgIpc) is 2.48. The second-order valence-corrected chi connectivity index (χ2v) is 8.66. The van der Waals surface area contributed by atoms with E-state index in [9.17, 15) is 10.2 Å². The van der Waals surface area contributed by atoms with E-state index in [0.717, 1.165) is 23.2 Å². The molecular formula is C22H32ClNO2. The molecule has 0 unspecified atom stereocenters. The molecule has 0 saturated carbocycles. The Morgan fingerprint density at radius 3 is 1.92 bits per heavy atom. The van der Waals surface area contributed by atoms with Gasteiger partial charge in [-0.05, 0) is 46.1 Å². The van der Waals surface area contributed by atoms with E-state index in [1.165, 1.54) is 11.1 Å².